The number of nitrogens with two attached hydrogens (primary N) is 2. The van der Waals surface area contributed by atoms with Crippen LogP contribution in [0.15, 0.2) is 30.3 Å². The summed E-state index contributed by atoms with van der Waals surface area (Å²) in [5.41, 5.74) is 12.6. The first-order valence-electron chi connectivity index (χ1n) is 4.85. The maximum Gasteiger partial charge on any atom is 0.0294 e. The fourth-order valence-electron chi connectivity index (χ4n) is 1.38. The van der Waals surface area contributed by atoms with Gasteiger partial charge in [-0.2, -0.15) is 0 Å². The van der Waals surface area contributed by atoms with E-state index in [1.807, 2.05) is 18.2 Å². The van der Waals surface area contributed by atoms with Gasteiger partial charge in [0.05, 0.1) is 0 Å². The summed E-state index contributed by atoms with van der Waals surface area (Å²) in [5, 5.41) is 0. The lowest BCUT2D eigenvalue weighted by Crippen LogP contribution is -2.10. The van der Waals surface area contributed by atoms with E-state index in [4.69, 9.17) is 11.5 Å². The molecule has 13 heavy (non-hydrogen) atoms. The summed E-state index contributed by atoms with van der Waals surface area (Å²) in [5.74, 6) is 0. The molecule has 0 saturated carbocycles. The summed E-state index contributed by atoms with van der Waals surface area (Å²) in [6, 6.07) is 10.4. The standard InChI is InChI=1S/C11H18N2/c12-9-5-4-8-11(13)10-6-2-1-3-7-10/h1-3,6-7,11H,4-5,8-9,12-13H2/t11-/m1/s1. The van der Waals surface area contributed by atoms with E-state index < -0.39 is 0 Å². The van der Waals surface area contributed by atoms with Gasteiger partial charge in [-0.15, -0.1) is 0 Å². The lowest BCUT2D eigenvalue weighted by Gasteiger charge is -2.10. The average molecular weight is 178 g/mol. The van der Waals surface area contributed by atoms with E-state index in [2.05, 4.69) is 12.1 Å². The van der Waals surface area contributed by atoms with E-state index in [0.717, 1.165) is 25.8 Å². The van der Waals surface area contributed by atoms with Crippen LogP contribution in [0.25, 0.3) is 0 Å². The molecule has 0 unspecified atom stereocenters. The van der Waals surface area contributed by atoms with Gasteiger partial charge in [0.15, 0.2) is 0 Å². The van der Waals surface area contributed by atoms with Crippen LogP contribution >= 0.6 is 0 Å². The van der Waals surface area contributed by atoms with E-state index in [9.17, 15) is 0 Å². The van der Waals surface area contributed by atoms with Crippen molar-refractivity contribution in [1.82, 2.24) is 0 Å². The highest BCUT2D eigenvalue weighted by molar-refractivity contribution is 5.18. The number of benzene rings is 1. The van der Waals surface area contributed by atoms with Gasteiger partial charge in [0.1, 0.15) is 0 Å². The Balaban J connectivity index is 2.35. The Bertz CT molecular complexity index is 221. The van der Waals surface area contributed by atoms with Crippen molar-refractivity contribution < 1.29 is 0 Å². The highest BCUT2D eigenvalue weighted by Crippen LogP contribution is 2.15. The van der Waals surface area contributed by atoms with Crippen molar-refractivity contribution >= 4 is 0 Å². The SMILES string of the molecule is NCCCC[C@@H](N)c1ccccc1. The molecule has 0 saturated heterocycles. The van der Waals surface area contributed by atoms with Crippen molar-refractivity contribution in [2.24, 2.45) is 11.5 Å². The topological polar surface area (TPSA) is 52.0 Å². The van der Waals surface area contributed by atoms with Crippen LogP contribution in [0, 0.1) is 0 Å². The molecule has 0 aliphatic rings. The number of hydrogen-bond acceptors (Lipinski definition) is 2. The van der Waals surface area contributed by atoms with Crippen LogP contribution in [-0.2, 0) is 0 Å². The summed E-state index contributed by atoms with van der Waals surface area (Å²) in [6.07, 6.45) is 3.22. The molecule has 0 amide bonds. The Hall–Kier alpha value is -0.860. The van der Waals surface area contributed by atoms with Crippen molar-refractivity contribution in [2.45, 2.75) is 25.3 Å². The molecule has 1 aromatic carbocycles. The summed E-state index contributed by atoms with van der Waals surface area (Å²) in [6.45, 7) is 0.765. The highest BCUT2D eigenvalue weighted by Gasteiger charge is 2.03. The molecular formula is C11H18N2. The highest BCUT2D eigenvalue weighted by atomic mass is 14.6. The van der Waals surface area contributed by atoms with E-state index in [1.54, 1.807) is 0 Å². The lowest BCUT2D eigenvalue weighted by molar-refractivity contribution is 0.591. The molecule has 4 N–H and O–H groups in total. The monoisotopic (exact) mass is 178 g/mol. The fraction of sp³-hybridized carbons (Fsp3) is 0.455. The predicted octanol–water partition coefficient (Wildman–Crippen LogP) is 1.82. The summed E-state index contributed by atoms with van der Waals surface area (Å²) >= 11 is 0. The van der Waals surface area contributed by atoms with Crippen molar-refractivity contribution in [1.29, 1.82) is 0 Å². The maximum absolute atomic E-state index is 5.99. The molecule has 2 nitrogen and oxygen atoms in total. The van der Waals surface area contributed by atoms with Gasteiger partial charge in [0.25, 0.3) is 0 Å². The molecule has 1 atom stereocenters. The van der Waals surface area contributed by atoms with Gasteiger partial charge in [0.2, 0.25) is 0 Å². The Morgan fingerprint density at radius 3 is 2.38 bits per heavy atom. The normalized spacial score (nSPS) is 12.8. The quantitative estimate of drug-likeness (QED) is 0.676. The molecule has 1 aromatic rings. The van der Waals surface area contributed by atoms with Gasteiger partial charge in [-0.1, -0.05) is 36.8 Å². The van der Waals surface area contributed by atoms with Crippen LogP contribution in [0.4, 0.5) is 0 Å². The molecule has 0 aliphatic carbocycles. The van der Waals surface area contributed by atoms with Crippen LogP contribution in [-0.4, -0.2) is 6.54 Å². The van der Waals surface area contributed by atoms with Crippen molar-refractivity contribution in [3.63, 3.8) is 0 Å². The smallest absolute Gasteiger partial charge is 0.0294 e. The molecule has 0 bridgehead atoms. The van der Waals surface area contributed by atoms with Crippen LogP contribution in [0.3, 0.4) is 0 Å². The van der Waals surface area contributed by atoms with Crippen LogP contribution in [0.5, 0.6) is 0 Å². The number of hydrogen-bond donors (Lipinski definition) is 2. The minimum Gasteiger partial charge on any atom is -0.330 e. The molecule has 0 aromatic heterocycles. The molecule has 0 heterocycles. The Kier molecular flexibility index (Phi) is 4.50. The van der Waals surface area contributed by atoms with Crippen molar-refractivity contribution in [3.05, 3.63) is 35.9 Å². The Morgan fingerprint density at radius 1 is 1.08 bits per heavy atom. The maximum atomic E-state index is 5.99. The second kappa shape index (κ2) is 5.73. The fourth-order valence-corrected chi connectivity index (χ4v) is 1.38. The molecule has 1 rings (SSSR count). The molecule has 72 valence electrons. The lowest BCUT2D eigenvalue weighted by atomic mass is 10.0. The van der Waals surface area contributed by atoms with E-state index in [0.29, 0.717) is 0 Å². The third-order valence-corrected chi connectivity index (χ3v) is 2.20. The van der Waals surface area contributed by atoms with Gasteiger partial charge in [-0.3, -0.25) is 0 Å². The zero-order valence-electron chi connectivity index (χ0n) is 7.95. The third kappa shape index (κ3) is 3.57. The van der Waals surface area contributed by atoms with Crippen molar-refractivity contribution in [2.75, 3.05) is 6.54 Å². The van der Waals surface area contributed by atoms with Crippen LogP contribution < -0.4 is 11.5 Å². The Morgan fingerprint density at radius 2 is 1.77 bits per heavy atom. The molecular weight excluding hydrogens is 160 g/mol. The molecule has 0 aliphatic heterocycles. The van der Waals surface area contributed by atoms with E-state index >= 15 is 0 Å². The minimum absolute atomic E-state index is 0.174. The number of rotatable bonds is 5. The zero-order chi connectivity index (χ0) is 9.52. The van der Waals surface area contributed by atoms with Crippen LogP contribution in [0.2, 0.25) is 0 Å². The van der Waals surface area contributed by atoms with Gasteiger partial charge < -0.3 is 11.5 Å². The summed E-state index contributed by atoms with van der Waals surface area (Å²) in [4.78, 5) is 0. The largest absolute Gasteiger partial charge is 0.330 e. The summed E-state index contributed by atoms with van der Waals surface area (Å²) < 4.78 is 0. The second-order valence-electron chi connectivity index (χ2n) is 3.30. The first-order chi connectivity index (χ1) is 6.34. The van der Waals surface area contributed by atoms with Gasteiger partial charge in [-0.05, 0) is 24.9 Å². The molecule has 2 heteroatoms. The van der Waals surface area contributed by atoms with Gasteiger partial charge in [-0.25, -0.2) is 0 Å². The first kappa shape index (κ1) is 10.2. The van der Waals surface area contributed by atoms with Crippen LogP contribution in [0.1, 0.15) is 30.9 Å². The van der Waals surface area contributed by atoms with E-state index in [-0.39, 0.29) is 6.04 Å². The van der Waals surface area contributed by atoms with Gasteiger partial charge >= 0.3 is 0 Å². The molecule has 0 radical (unpaired) electrons. The predicted molar refractivity (Wildman–Crippen MR) is 56.3 cm³/mol. The van der Waals surface area contributed by atoms with Gasteiger partial charge in [0, 0.05) is 6.04 Å². The first-order valence-corrected chi connectivity index (χ1v) is 4.85. The summed E-state index contributed by atoms with van der Waals surface area (Å²) in [7, 11) is 0. The Labute approximate surface area is 79.9 Å². The van der Waals surface area contributed by atoms with Crippen molar-refractivity contribution in [3.8, 4) is 0 Å². The van der Waals surface area contributed by atoms with E-state index in [1.165, 1.54) is 5.56 Å². The number of unbranched alkanes of at least 4 members (excludes halogenated alkanes) is 1. The molecule has 0 fully saturated rings. The third-order valence-electron chi connectivity index (χ3n) is 2.20. The molecule has 0 spiro atoms. The zero-order valence-corrected chi connectivity index (χ0v) is 7.95. The second-order valence-corrected chi connectivity index (χ2v) is 3.30. The minimum atomic E-state index is 0.174. The average Bonchev–Trinajstić information content (AvgIpc) is 2.19.